The van der Waals surface area contributed by atoms with Crippen molar-refractivity contribution in [3.63, 3.8) is 0 Å². The molecule has 2 heterocycles. The quantitative estimate of drug-likeness (QED) is 0.473. The third-order valence-electron chi connectivity index (χ3n) is 4.85. The van der Waals surface area contributed by atoms with Crippen LogP contribution in [0.5, 0.6) is 0 Å². The normalized spacial score (nSPS) is 15.6. The average molecular weight is 448 g/mol. The Morgan fingerprint density at radius 1 is 1.20 bits per heavy atom. The average Bonchev–Trinajstić information content (AvgIpc) is 2.68. The lowest BCUT2D eigenvalue weighted by Crippen LogP contribution is -2.33. The maximum atomic E-state index is 13.7. The molecule has 30 heavy (non-hydrogen) atoms. The molecule has 1 aromatic heterocycles. The Balaban J connectivity index is 1.73. The van der Waals surface area contributed by atoms with Crippen LogP contribution in [0, 0.1) is 11.6 Å². The zero-order valence-electron chi connectivity index (χ0n) is 15.8. The van der Waals surface area contributed by atoms with Gasteiger partial charge in [-0.25, -0.2) is 8.78 Å². The minimum absolute atomic E-state index is 0.0954. The predicted molar refractivity (Wildman–Crippen MR) is 112 cm³/mol. The highest BCUT2D eigenvalue weighted by molar-refractivity contribution is 7.98. The molecule has 1 atom stereocenters. The van der Waals surface area contributed by atoms with Gasteiger partial charge in [0.2, 0.25) is 5.91 Å². The topological polar surface area (TPSA) is 64.0 Å². The van der Waals surface area contributed by atoms with Gasteiger partial charge in [0, 0.05) is 36.2 Å². The van der Waals surface area contributed by atoms with Crippen LogP contribution in [0.15, 0.2) is 52.4 Å². The van der Waals surface area contributed by atoms with E-state index < -0.39 is 23.1 Å². The molecule has 154 valence electrons. The van der Waals surface area contributed by atoms with Crippen LogP contribution in [0.3, 0.4) is 0 Å². The molecular formula is C21H16ClF2N3O2S. The summed E-state index contributed by atoms with van der Waals surface area (Å²) in [4.78, 5) is 29.3. The summed E-state index contributed by atoms with van der Waals surface area (Å²) < 4.78 is 29.1. The summed E-state index contributed by atoms with van der Waals surface area (Å²) in [6.07, 6.45) is -0.0954. The molecule has 1 amide bonds. The number of anilines is 1. The fraction of sp³-hybridized carbons (Fsp3) is 0.190. The molecular weight excluding hydrogens is 432 g/mol. The Hall–Kier alpha value is -2.71. The number of aromatic nitrogens is 2. The maximum absolute atomic E-state index is 13.7. The molecule has 2 aromatic carbocycles. The van der Waals surface area contributed by atoms with E-state index in [1.165, 1.54) is 11.8 Å². The lowest BCUT2D eigenvalue weighted by molar-refractivity contribution is -0.116. The van der Waals surface area contributed by atoms with Gasteiger partial charge >= 0.3 is 0 Å². The lowest BCUT2D eigenvalue weighted by Gasteiger charge is -2.27. The van der Waals surface area contributed by atoms with Crippen molar-refractivity contribution in [2.24, 2.45) is 7.05 Å². The number of carbonyl (C=O) groups excluding carboxylic acids is 1. The number of hydrogen-bond donors (Lipinski definition) is 1. The summed E-state index contributed by atoms with van der Waals surface area (Å²) >= 11 is 7.33. The van der Waals surface area contributed by atoms with Gasteiger partial charge in [-0.15, -0.1) is 0 Å². The van der Waals surface area contributed by atoms with Crippen LogP contribution in [0.1, 0.15) is 29.0 Å². The van der Waals surface area contributed by atoms with Crippen molar-refractivity contribution in [2.75, 3.05) is 5.32 Å². The summed E-state index contributed by atoms with van der Waals surface area (Å²) in [6.45, 7) is 0. The van der Waals surface area contributed by atoms with Crippen LogP contribution in [0.4, 0.5) is 14.6 Å². The van der Waals surface area contributed by atoms with E-state index in [2.05, 4.69) is 10.3 Å². The third-order valence-corrected chi connectivity index (χ3v) is 6.18. The minimum atomic E-state index is -0.780. The Morgan fingerprint density at radius 2 is 1.93 bits per heavy atom. The van der Waals surface area contributed by atoms with Gasteiger partial charge in [0.15, 0.2) is 5.16 Å². The molecule has 0 fully saturated rings. The zero-order chi connectivity index (χ0) is 21.4. The molecule has 0 radical (unpaired) electrons. The number of halogens is 3. The maximum Gasteiger partial charge on any atom is 0.279 e. The van der Waals surface area contributed by atoms with Crippen molar-refractivity contribution >= 4 is 35.1 Å². The molecule has 1 aliphatic rings. The Kier molecular flexibility index (Phi) is 5.62. The zero-order valence-corrected chi connectivity index (χ0v) is 17.4. The van der Waals surface area contributed by atoms with Gasteiger partial charge in [0.05, 0.1) is 5.56 Å². The van der Waals surface area contributed by atoms with Crippen molar-refractivity contribution in [1.29, 1.82) is 0 Å². The van der Waals surface area contributed by atoms with Crippen LogP contribution in [-0.2, 0) is 17.6 Å². The molecule has 1 N–H and O–H groups in total. The smallest absolute Gasteiger partial charge is 0.279 e. The number of fused-ring (bicyclic) bond motifs is 1. The number of benzene rings is 2. The first-order valence-corrected chi connectivity index (χ1v) is 10.4. The highest BCUT2D eigenvalue weighted by Crippen LogP contribution is 2.36. The summed E-state index contributed by atoms with van der Waals surface area (Å²) in [7, 11) is 1.68. The number of amides is 1. The molecule has 0 bridgehead atoms. The SMILES string of the molecule is Cn1c(SCc2cccc(Cl)c2)nc(=O)c2c1NC(=O)CC2c1cc(F)cc(F)c1. The first-order valence-electron chi connectivity index (χ1n) is 9.06. The Labute approximate surface area is 180 Å². The number of thioether (sulfide) groups is 1. The highest BCUT2D eigenvalue weighted by atomic mass is 35.5. The Morgan fingerprint density at radius 3 is 2.63 bits per heavy atom. The molecule has 0 saturated carbocycles. The monoisotopic (exact) mass is 447 g/mol. The van der Waals surface area contributed by atoms with Gasteiger partial charge in [-0.1, -0.05) is 35.5 Å². The minimum Gasteiger partial charge on any atom is -0.312 e. The number of hydrogen-bond acceptors (Lipinski definition) is 4. The molecule has 0 aliphatic carbocycles. The van der Waals surface area contributed by atoms with E-state index in [0.29, 0.717) is 15.9 Å². The summed E-state index contributed by atoms with van der Waals surface area (Å²) in [5.41, 5.74) is 0.860. The van der Waals surface area contributed by atoms with E-state index in [1.807, 2.05) is 18.2 Å². The van der Waals surface area contributed by atoms with Crippen LogP contribution >= 0.6 is 23.4 Å². The van der Waals surface area contributed by atoms with Gasteiger partial charge in [-0.2, -0.15) is 4.98 Å². The molecule has 9 heteroatoms. The van der Waals surface area contributed by atoms with Gasteiger partial charge in [0.25, 0.3) is 5.56 Å². The second-order valence-electron chi connectivity index (χ2n) is 6.95. The molecule has 5 nitrogen and oxygen atoms in total. The van der Waals surface area contributed by atoms with Gasteiger partial charge in [-0.3, -0.25) is 9.59 Å². The van der Waals surface area contributed by atoms with Crippen molar-refractivity contribution in [2.45, 2.75) is 23.2 Å². The first-order chi connectivity index (χ1) is 14.3. The largest absolute Gasteiger partial charge is 0.312 e. The van der Waals surface area contributed by atoms with E-state index in [-0.39, 0.29) is 29.3 Å². The third kappa shape index (κ3) is 4.11. The van der Waals surface area contributed by atoms with E-state index in [0.717, 1.165) is 23.8 Å². The second kappa shape index (κ2) is 8.20. The standard InChI is InChI=1S/C21H16ClF2N3O2S/c1-27-19-18(16(9-17(28)25-19)12-6-14(23)8-15(24)7-12)20(29)26-21(27)30-10-11-3-2-4-13(22)5-11/h2-8,16H,9-10H2,1H3,(H,25,28). The summed E-state index contributed by atoms with van der Waals surface area (Å²) in [5, 5.41) is 3.72. The molecule has 4 rings (SSSR count). The van der Waals surface area contributed by atoms with E-state index >= 15 is 0 Å². The predicted octanol–water partition coefficient (Wildman–Crippen LogP) is 4.48. The summed E-state index contributed by atoms with van der Waals surface area (Å²) in [5.74, 6) is -1.85. The van der Waals surface area contributed by atoms with Crippen molar-refractivity contribution in [3.8, 4) is 0 Å². The number of carbonyl (C=O) groups is 1. The highest BCUT2D eigenvalue weighted by Gasteiger charge is 2.32. The van der Waals surface area contributed by atoms with Crippen LogP contribution < -0.4 is 10.9 Å². The van der Waals surface area contributed by atoms with Gasteiger partial charge < -0.3 is 9.88 Å². The molecule has 1 unspecified atom stereocenters. The van der Waals surface area contributed by atoms with E-state index in [4.69, 9.17) is 11.6 Å². The van der Waals surface area contributed by atoms with Crippen molar-refractivity contribution in [3.05, 3.63) is 86.2 Å². The van der Waals surface area contributed by atoms with Crippen LogP contribution in [0.2, 0.25) is 5.02 Å². The fourth-order valence-electron chi connectivity index (χ4n) is 3.50. The Bertz CT molecular complexity index is 1200. The van der Waals surface area contributed by atoms with E-state index in [1.54, 1.807) is 17.7 Å². The van der Waals surface area contributed by atoms with Crippen LogP contribution in [0.25, 0.3) is 0 Å². The number of nitrogens with zero attached hydrogens (tertiary/aromatic N) is 2. The van der Waals surface area contributed by atoms with Crippen molar-refractivity contribution in [1.82, 2.24) is 9.55 Å². The second-order valence-corrected chi connectivity index (χ2v) is 8.33. The van der Waals surface area contributed by atoms with Gasteiger partial charge in [-0.05, 0) is 35.4 Å². The van der Waals surface area contributed by atoms with Gasteiger partial charge in [0.1, 0.15) is 17.5 Å². The first kappa shape index (κ1) is 20.6. The fourth-order valence-corrected chi connectivity index (χ4v) is 4.62. The lowest BCUT2D eigenvalue weighted by atomic mass is 9.86. The van der Waals surface area contributed by atoms with Crippen LogP contribution in [-0.4, -0.2) is 15.5 Å². The van der Waals surface area contributed by atoms with Crippen molar-refractivity contribution < 1.29 is 13.6 Å². The molecule has 0 saturated heterocycles. The van der Waals surface area contributed by atoms with E-state index in [9.17, 15) is 18.4 Å². The number of rotatable bonds is 4. The molecule has 1 aliphatic heterocycles. The molecule has 3 aromatic rings. The molecule has 0 spiro atoms. The number of nitrogens with one attached hydrogen (secondary N) is 1. The summed E-state index contributed by atoms with van der Waals surface area (Å²) in [6, 6.07) is 10.4.